The summed E-state index contributed by atoms with van der Waals surface area (Å²) < 4.78 is 6.83. The quantitative estimate of drug-likeness (QED) is 0.825. The van der Waals surface area contributed by atoms with Gasteiger partial charge < -0.3 is 10.5 Å². The van der Waals surface area contributed by atoms with Crippen LogP contribution in [0.5, 0.6) is 5.75 Å². The summed E-state index contributed by atoms with van der Waals surface area (Å²) in [5.41, 5.74) is 6.91. The van der Waals surface area contributed by atoms with Crippen LogP contribution in [0.15, 0.2) is 30.7 Å². The molecule has 0 aliphatic heterocycles. The van der Waals surface area contributed by atoms with Gasteiger partial charge in [0.25, 0.3) is 0 Å². The number of amides is 1. The summed E-state index contributed by atoms with van der Waals surface area (Å²) in [6.45, 7) is 0.528. The minimum Gasteiger partial charge on any atom is -0.495 e. The van der Waals surface area contributed by atoms with Crippen molar-refractivity contribution >= 4 is 5.91 Å². The Hall–Kier alpha value is -2.37. The van der Waals surface area contributed by atoms with Crippen LogP contribution in [0, 0.1) is 0 Å². The maximum absolute atomic E-state index is 10.9. The first-order valence-electron chi connectivity index (χ1n) is 5.46. The zero-order chi connectivity index (χ0) is 13.0. The Balaban J connectivity index is 2.17. The maximum atomic E-state index is 10.9. The fraction of sp³-hybridized carbons (Fsp3) is 0.250. The van der Waals surface area contributed by atoms with Crippen molar-refractivity contribution in [3.05, 3.63) is 42.0 Å². The summed E-state index contributed by atoms with van der Waals surface area (Å²) in [6.07, 6.45) is 5.19. The summed E-state index contributed by atoms with van der Waals surface area (Å²) in [6, 6.07) is 3.65. The third-order valence-corrected chi connectivity index (χ3v) is 2.50. The number of carbonyl (C=O) groups is 1. The Bertz CT molecular complexity index is 551. The van der Waals surface area contributed by atoms with Crippen molar-refractivity contribution in [2.24, 2.45) is 5.73 Å². The number of nitrogens with two attached hydrogens (primary N) is 1. The van der Waals surface area contributed by atoms with Gasteiger partial charge in [0.2, 0.25) is 5.91 Å². The summed E-state index contributed by atoms with van der Waals surface area (Å²) in [5.74, 6) is 0.316. The molecule has 0 bridgehead atoms. The highest BCUT2D eigenvalue weighted by Crippen LogP contribution is 2.12. The summed E-state index contributed by atoms with van der Waals surface area (Å²) in [5, 5.41) is 4.16. The van der Waals surface area contributed by atoms with Gasteiger partial charge in [0.15, 0.2) is 0 Å². The highest BCUT2D eigenvalue weighted by Gasteiger charge is 2.07. The maximum Gasteiger partial charge on any atom is 0.223 e. The van der Waals surface area contributed by atoms with E-state index in [0.717, 1.165) is 11.3 Å². The Labute approximate surface area is 104 Å². The third-order valence-electron chi connectivity index (χ3n) is 2.50. The van der Waals surface area contributed by atoms with E-state index in [0.29, 0.717) is 12.3 Å². The van der Waals surface area contributed by atoms with E-state index in [1.165, 1.54) is 0 Å². The van der Waals surface area contributed by atoms with Crippen molar-refractivity contribution in [2.45, 2.75) is 13.0 Å². The van der Waals surface area contributed by atoms with Crippen molar-refractivity contribution in [1.29, 1.82) is 0 Å². The smallest absolute Gasteiger partial charge is 0.223 e. The molecule has 2 aromatic heterocycles. The van der Waals surface area contributed by atoms with E-state index in [1.807, 2.05) is 6.07 Å². The average Bonchev–Trinajstić information content (AvgIpc) is 2.76. The van der Waals surface area contributed by atoms with Crippen molar-refractivity contribution in [3.8, 4) is 5.75 Å². The minimum atomic E-state index is -0.375. The molecule has 0 aliphatic rings. The van der Waals surface area contributed by atoms with Gasteiger partial charge in [-0.3, -0.25) is 14.5 Å². The van der Waals surface area contributed by atoms with Gasteiger partial charge in [-0.15, -0.1) is 0 Å². The lowest BCUT2D eigenvalue weighted by molar-refractivity contribution is -0.117. The molecular formula is C12H14N4O2. The molecule has 0 saturated heterocycles. The largest absolute Gasteiger partial charge is 0.495 e. The van der Waals surface area contributed by atoms with Crippen LogP contribution in [-0.4, -0.2) is 27.8 Å². The van der Waals surface area contributed by atoms with Gasteiger partial charge in [-0.25, -0.2) is 0 Å². The number of hydrogen-bond acceptors (Lipinski definition) is 4. The fourth-order valence-corrected chi connectivity index (χ4v) is 1.67. The Morgan fingerprint density at radius 2 is 2.33 bits per heavy atom. The van der Waals surface area contributed by atoms with Crippen molar-refractivity contribution in [1.82, 2.24) is 14.8 Å². The standard InChI is InChI=1S/C12H14N4O2/c1-18-11-4-9(6-14-7-11)8-16-10(2-3-15-16)5-12(13)17/h2-4,6-7H,5,8H2,1H3,(H2,13,17). The summed E-state index contributed by atoms with van der Waals surface area (Å²) >= 11 is 0. The summed E-state index contributed by atoms with van der Waals surface area (Å²) in [4.78, 5) is 15.0. The number of carbonyl (C=O) groups excluding carboxylic acids is 1. The van der Waals surface area contributed by atoms with Crippen LogP contribution in [0.2, 0.25) is 0 Å². The Morgan fingerprint density at radius 1 is 1.50 bits per heavy atom. The molecule has 2 heterocycles. The molecule has 0 fully saturated rings. The first-order chi connectivity index (χ1) is 8.69. The minimum absolute atomic E-state index is 0.178. The van der Waals surface area contributed by atoms with E-state index in [2.05, 4.69) is 10.1 Å². The van der Waals surface area contributed by atoms with E-state index in [9.17, 15) is 4.79 Å². The van der Waals surface area contributed by atoms with Crippen LogP contribution in [0.4, 0.5) is 0 Å². The predicted molar refractivity (Wildman–Crippen MR) is 65.0 cm³/mol. The van der Waals surface area contributed by atoms with Crippen molar-refractivity contribution < 1.29 is 9.53 Å². The van der Waals surface area contributed by atoms with Gasteiger partial charge in [-0.1, -0.05) is 0 Å². The van der Waals surface area contributed by atoms with Crippen LogP contribution in [0.3, 0.4) is 0 Å². The molecule has 2 N–H and O–H groups in total. The molecule has 0 spiro atoms. The molecule has 0 unspecified atom stereocenters. The van der Waals surface area contributed by atoms with Crippen LogP contribution in [0.1, 0.15) is 11.3 Å². The molecule has 0 atom stereocenters. The van der Waals surface area contributed by atoms with Crippen molar-refractivity contribution in [2.75, 3.05) is 7.11 Å². The van der Waals surface area contributed by atoms with Crippen molar-refractivity contribution in [3.63, 3.8) is 0 Å². The molecule has 2 rings (SSSR count). The van der Waals surface area contributed by atoms with E-state index < -0.39 is 0 Å². The number of nitrogens with zero attached hydrogens (tertiary/aromatic N) is 3. The molecule has 18 heavy (non-hydrogen) atoms. The lowest BCUT2D eigenvalue weighted by Gasteiger charge is -2.07. The molecule has 0 aromatic carbocycles. The Morgan fingerprint density at radius 3 is 3.06 bits per heavy atom. The Kier molecular flexibility index (Phi) is 3.57. The topological polar surface area (TPSA) is 83.0 Å². The zero-order valence-corrected chi connectivity index (χ0v) is 10.0. The van der Waals surface area contributed by atoms with Crippen LogP contribution < -0.4 is 10.5 Å². The highest BCUT2D eigenvalue weighted by molar-refractivity contribution is 5.76. The predicted octanol–water partition coefficient (Wildman–Crippen LogP) is 0.363. The molecular weight excluding hydrogens is 232 g/mol. The molecule has 2 aromatic rings. The van der Waals surface area contributed by atoms with Gasteiger partial charge in [-0.2, -0.15) is 5.10 Å². The van der Waals surface area contributed by atoms with E-state index in [-0.39, 0.29) is 12.3 Å². The van der Waals surface area contributed by atoms with E-state index in [1.54, 1.807) is 36.4 Å². The second-order valence-corrected chi connectivity index (χ2v) is 3.86. The summed E-state index contributed by atoms with van der Waals surface area (Å²) in [7, 11) is 1.59. The second kappa shape index (κ2) is 5.31. The number of rotatable bonds is 5. The number of ether oxygens (including phenoxy) is 1. The zero-order valence-electron chi connectivity index (χ0n) is 10.0. The van der Waals surface area contributed by atoms with E-state index in [4.69, 9.17) is 10.5 Å². The molecule has 0 saturated carbocycles. The van der Waals surface area contributed by atoms with Crippen LogP contribution >= 0.6 is 0 Å². The number of aromatic nitrogens is 3. The molecule has 94 valence electrons. The first-order valence-corrected chi connectivity index (χ1v) is 5.46. The van der Waals surface area contributed by atoms with Gasteiger partial charge >= 0.3 is 0 Å². The highest BCUT2D eigenvalue weighted by atomic mass is 16.5. The number of hydrogen-bond donors (Lipinski definition) is 1. The van der Waals surface area contributed by atoms with E-state index >= 15 is 0 Å². The lowest BCUT2D eigenvalue weighted by Crippen LogP contribution is -2.17. The normalized spacial score (nSPS) is 10.3. The molecule has 6 nitrogen and oxygen atoms in total. The van der Waals surface area contributed by atoms with Gasteiger partial charge in [-0.05, 0) is 17.7 Å². The SMILES string of the molecule is COc1cncc(Cn2nccc2CC(N)=O)c1. The fourth-order valence-electron chi connectivity index (χ4n) is 1.67. The van der Waals surface area contributed by atoms with Crippen LogP contribution in [0.25, 0.3) is 0 Å². The molecule has 6 heteroatoms. The second-order valence-electron chi connectivity index (χ2n) is 3.86. The molecule has 0 radical (unpaired) electrons. The number of primary amides is 1. The third kappa shape index (κ3) is 2.85. The number of methoxy groups -OCH3 is 1. The molecule has 0 aliphatic carbocycles. The molecule has 1 amide bonds. The number of pyridine rings is 1. The lowest BCUT2D eigenvalue weighted by atomic mass is 10.2. The van der Waals surface area contributed by atoms with Crippen LogP contribution in [-0.2, 0) is 17.8 Å². The average molecular weight is 246 g/mol. The monoisotopic (exact) mass is 246 g/mol. The van der Waals surface area contributed by atoms with Gasteiger partial charge in [0.05, 0.1) is 26.3 Å². The van der Waals surface area contributed by atoms with Gasteiger partial charge in [0.1, 0.15) is 5.75 Å². The first kappa shape index (κ1) is 12.1. The van der Waals surface area contributed by atoms with Gasteiger partial charge in [0, 0.05) is 18.1 Å².